The van der Waals surface area contributed by atoms with Crippen molar-refractivity contribution in [1.82, 2.24) is 25.3 Å². The van der Waals surface area contributed by atoms with E-state index in [-0.39, 0.29) is 12.5 Å². The molecule has 8 heteroatoms. The summed E-state index contributed by atoms with van der Waals surface area (Å²) in [5.41, 5.74) is 6.67. The Balaban J connectivity index is 1.96. The number of carbonyl (C=O) groups is 1. The molecule has 0 aliphatic rings. The highest BCUT2D eigenvalue weighted by atomic mass is 16.5. The van der Waals surface area contributed by atoms with Crippen LogP contribution in [0.5, 0.6) is 5.88 Å². The second kappa shape index (κ2) is 6.62. The molecule has 0 unspecified atom stereocenters. The van der Waals surface area contributed by atoms with Crippen LogP contribution in [0, 0.1) is 0 Å². The van der Waals surface area contributed by atoms with Gasteiger partial charge in [-0.2, -0.15) is 0 Å². The van der Waals surface area contributed by atoms with E-state index in [0.29, 0.717) is 24.7 Å². The fourth-order valence-corrected chi connectivity index (χ4v) is 1.58. The summed E-state index contributed by atoms with van der Waals surface area (Å²) < 4.78 is 6.70. The van der Waals surface area contributed by atoms with Gasteiger partial charge in [-0.15, -0.1) is 5.10 Å². The van der Waals surface area contributed by atoms with E-state index in [9.17, 15) is 4.79 Å². The van der Waals surface area contributed by atoms with Gasteiger partial charge in [0.05, 0.1) is 38.6 Å². The molecule has 0 aliphatic heterocycles. The first kappa shape index (κ1) is 13.9. The molecule has 2 heterocycles. The van der Waals surface area contributed by atoms with Crippen LogP contribution in [-0.4, -0.2) is 39.5 Å². The summed E-state index contributed by atoms with van der Waals surface area (Å²) >= 11 is 0. The monoisotopic (exact) mass is 276 g/mol. The molecule has 1 amide bonds. The molecule has 0 bridgehead atoms. The van der Waals surface area contributed by atoms with Gasteiger partial charge in [-0.1, -0.05) is 11.3 Å². The molecule has 0 aromatic carbocycles. The van der Waals surface area contributed by atoms with E-state index in [1.54, 1.807) is 24.1 Å². The van der Waals surface area contributed by atoms with Crippen LogP contribution >= 0.6 is 0 Å². The van der Waals surface area contributed by atoms with Crippen LogP contribution < -0.4 is 15.8 Å². The highest BCUT2D eigenvalue weighted by Gasteiger charge is 2.05. The van der Waals surface area contributed by atoms with Crippen LogP contribution in [0.3, 0.4) is 0 Å². The molecule has 3 N–H and O–H groups in total. The number of nitrogens with one attached hydrogen (secondary N) is 1. The molecule has 0 spiro atoms. The van der Waals surface area contributed by atoms with Crippen LogP contribution in [0.4, 0.5) is 0 Å². The fraction of sp³-hybridized carbons (Fsp3) is 0.333. The predicted octanol–water partition coefficient (Wildman–Crippen LogP) is -0.695. The zero-order chi connectivity index (χ0) is 14.4. The van der Waals surface area contributed by atoms with Crippen LogP contribution in [0.1, 0.15) is 11.4 Å². The summed E-state index contributed by atoms with van der Waals surface area (Å²) in [6.45, 7) is 0.748. The van der Waals surface area contributed by atoms with E-state index in [1.165, 1.54) is 0 Å². The molecule has 2 aromatic heterocycles. The molecule has 0 saturated carbocycles. The molecule has 8 nitrogen and oxygen atoms in total. The lowest BCUT2D eigenvalue weighted by atomic mass is 10.3. The van der Waals surface area contributed by atoms with Crippen LogP contribution in [0.15, 0.2) is 24.4 Å². The number of nitrogens with zero attached hydrogens (tertiary/aromatic N) is 4. The minimum Gasteiger partial charge on any atom is -0.481 e. The summed E-state index contributed by atoms with van der Waals surface area (Å²) in [5, 5.41) is 10.6. The lowest BCUT2D eigenvalue weighted by molar-refractivity contribution is -0.119. The normalized spacial score (nSPS) is 10.3. The fourth-order valence-electron chi connectivity index (χ4n) is 1.58. The molecule has 2 aromatic rings. The van der Waals surface area contributed by atoms with E-state index in [2.05, 4.69) is 20.6 Å². The largest absolute Gasteiger partial charge is 0.481 e. The predicted molar refractivity (Wildman–Crippen MR) is 70.8 cm³/mol. The molecule has 0 aliphatic carbocycles. The first-order chi connectivity index (χ1) is 9.71. The topological polar surface area (TPSA) is 108 Å². The van der Waals surface area contributed by atoms with E-state index in [4.69, 9.17) is 10.5 Å². The van der Waals surface area contributed by atoms with E-state index in [1.807, 2.05) is 12.1 Å². The average molecular weight is 276 g/mol. The Kier molecular flexibility index (Phi) is 4.61. The van der Waals surface area contributed by atoms with Crippen molar-refractivity contribution in [3.63, 3.8) is 0 Å². The number of pyridine rings is 1. The van der Waals surface area contributed by atoms with E-state index < -0.39 is 0 Å². The highest BCUT2D eigenvalue weighted by molar-refractivity contribution is 5.77. The Labute approximate surface area is 115 Å². The van der Waals surface area contributed by atoms with Gasteiger partial charge in [0, 0.05) is 6.07 Å². The number of carbonyl (C=O) groups excluding carboxylic acids is 1. The molecule has 0 atom stereocenters. The van der Waals surface area contributed by atoms with Crippen molar-refractivity contribution < 1.29 is 9.53 Å². The number of hydrogen-bond donors (Lipinski definition) is 2. The van der Waals surface area contributed by atoms with Gasteiger partial charge in [0.25, 0.3) is 0 Å². The molecule has 0 radical (unpaired) electrons. The minimum absolute atomic E-state index is 0.0398. The smallest absolute Gasteiger partial charge is 0.234 e. The molecule has 20 heavy (non-hydrogen) atoms. The van der Waals surface area contributed by atoms with Gasteiger partial charge in [-0.25, -0.2) is 9.67 Å². The van der Waals surface area contributed by atoms with Crippen LogP contribution in [0.2, 0.25) is 0 Å². The first-order valence-electron chi connectivity index (χ1n) is 6.07. The first-order valence-corrected chi connectivity index (χ1v) is 6.07. The van der Waals surface area contributed by atoms with Gasteiger partial charge in [0.2, 0.25) is 11.8 Å². The van der Waals surface area contributed by atoms with Crippen molar-refractivity contribution in [2.45, 2.75) is 13.1 Å². The third kappa shape index (κ3) is 3.75. The maximum absolute atomic E-state index is 11.0. The van der Waals surface area contributed by atoms with Crippen molar-refractivity contribution in [2.75, 3.05) is 13.7 Å². The Hall–Kier alpha value is -2.48. The zero-order valence-electron chi connectivity index (χ0n) is 11.1. The van der Waals surface area contributed by atoms with Crippen LogP contribution in [0.25, 0.3) is 0 Å². The SMILES string of the molecule is COc1cccc(Cn2cc(CNC(=O)CN)nn2)n1. The van der Waals surface area contributed by atoms with Crippen molar-refractivity contribution in [3.05, 3.63) is 35.8 Å². The molecular formula is C12H16N6O2. The number of rotatable bonds is 6. The number of nitrogens with two attached hydrogens (primary N) is 1. The van der Waals surface area contributed by atoms with Crippen molar-refractivity contribution >= 4 is 5.91 Å². The van der Waals surface area contributed by atoms with E-state index in [0.717, 1.165) is 5.69 Å². The van der Waals surface area contributed by atoms with Crippen molar-refractivity contribution in [3.8, 4) is 5.88 Å². The molecule has 2 rings (SSSR count). The average Bonchev–Trinajstić information content (AvgIpc) is 2.92. The standard InChI is InChI=1S/C12H16N6O2/c1-20-12-4-2-3-9(15-12)7-18-8-10(16-17-18)6-14-11(19)5-13/h2-4,8H,5-7,13H2,1H3,(H,14,19). The van der Waals surface area contributed by atoms with Crippen molar-refractivity contribution in [2.24, 2.45) is 5.73 Å². The van der Waals surface area contributed by atoms with Crippen LogP contribution in [-0.2, 0) is 17.9 Å². The van der Waals surface area contributed by atoms with Gasteiger partial charge in [-0.05, 0) is 6.07 Å². The summed E-state index contributed by atoms with van der Waals surface area (Å²) in [7, 11) is 1.57. The van der Waals surface area contributed by atoms with Gasteiger partial charge in [-0.3, -0.25) is 4.79 Å². The van der Waals surface area contributed by atoms with Crippen molar-refractivity contribution in [1.29, 1.82) is 0 Å². The van der Waals surface area contributed by atoms with E-state index >= 15 is 0 Å². The molecule has 106 valence electrons. The Morgan fingerprint density at radius 3 is 3.05 bits per heavy atom. The zero-order valence-corrected chi connectivity index (χ0v) is 11.1. The minimum atomic E-state index is -0.228. The van der Waals surface area contributed by atoms with Gasteiger partial charge in [0.15, 0.2) is 0 Å². The molecule has 0 fully saturated rings. The number of aromatic nitrogens is 4. The Bertz CT molecular complexity index is 583. The maximum Gasteiger partial charge on any atom is 0.234 e. The van der Waals surface area contributed by atoms with Gasteiger partial charge in [0.1, 0.15) is 5.69 Å². The second-order valence-electron chi connectivity index (χ2n) is 4.06. The lowest BCUT2D eigenvalue weighted by Crippen LogP contribution is -2.29. The number of hydrogen-bond acceptors (Lipinski definition) is 6. The number of ether oxygens (including phenoxy) is 1. The summed E-state index contributed by atoms with van der Waals surface area (Å²) in [6.07, 6.45) is 1.75. The summed E-state index contributed by atoms with van der Waals surface area (Å²) in [4.78, 5) is 15.3. The van der Waals surface area contributed by atoms with Gasteiger partial charge >= 0.3 is 0 Å². The third-order valence-electron chi connectivity index (χ3n) is 2.55. The number of amides is 1. The Morgan fingerprint density at radius 2 is 2.30 bits per heavy atom. The lowest BCUT2D eigenvalue weighted by Gasteiger charge is -2.02. The quantitative estimate of drug-likeness (QED) is 0.722. The molecular weight excluding hydrogens is 260 g/mol. The highest BCUT2D eigenvalue weighted by Crippen LogP contribution is 2.07. The Morgan fingerprint density at radius 1 is 1.45 bits per heavy atom. The summed E-state index contributed by atoms with van der Waals surface area (Å²) in [5.74, 6) is 0.326. The maximum atomic E-state index is 11.0. The second-order valence-corrected chi connectivity index (χ2v) is 4.06. The molecule has 0 saturated heterocycles. The van der Waals surface area contributed by atoms with Gasteiger partial charge < -0.3 is 15.8 Å². The summed E-state index contributed by atoms with van der Waals surface area (Å²) in [6, 6.07) is 5.51. The third-order valence-corrected chi connectivity index (χ3v) is 2.55. The number of methoxy groups -OCH3 is 1.